The summed E-state index contributed by atoms with van der Waals surface area (Å²) in [7, 11) is 3.21. The van der Waals surface area contributed by atoms with Gasteiger partial charge in [-0.1, -0.05) is 6.07 Å². The molecule has 3 rings (SSSR count). The summed E-state index contributed by atoms with van der Waals surface area (Å²) in [5.41, 5.74) is 2.83. The number of hydrogen-bond acceptors (Lipinski definition) is 4. The molecule has 1 N–H and O–H groups in total. The van der Waals surface area contributed by atoms with Gasteiger partial charge in [0, 0.05) is 24.3 Å². The lowest BCUT2D eigenvalue weighted by Crippen LogP contribution is -2.29. The molecule has 144 valence electrons. The molecular weight excluding hydrogens is 340 g/mol. The van der Waals surface area contributed by atoms with Crippen molar-refractivity contribution in [1.82, 2.24) is 5.32 Å². The average Bonchev–Trinajstić information content (AvgIpc) is 2.73. The van der Waals surface area contributed by atoms with Gasteiger partial charge < -0.3 is 19.7 Å². The maximum absolute atomic E-state index is 12.6. The van der Waals surface area contributed by atoms with Crippen molar-refractivity contribution < 1.29 is 14.3 Å². The molecule has 27 heavy (non-hydrogen) atoms. The lowest BCUT2D eigenvalue weighted by atomic mass is 10.1. The van der Waals surface area contributed by atoms with Crippen molar-refractivity contribution >= 4 is 11.6 Å². The maximum Gasteiger partial charge on any atom is 0.251 e. The van der Waals surface area contributed by atoms with Gasteiger partial charge >= 0.3 is 0 Å². The van der Waals surface area contributed by atoms with E-state index in [4.69, 9.17) is 9.47 Å². The number of benzene rings is 2. The Balaban J connectivity index is 1.65. The van der Waals surface area contributed by atoms with E-state index in [-0.39, 0.29) is 11.9 Å². The minimum Gasteiger partial charge on any atom is -0.493 e. The van der Waals surface area contributed by atoms with Gasteiger partial charge in [0.2, 0.25) is 0 Å². The average molecular weight is 368 g/mol. The Morgan fingerprint density at radius 2 is 1.63 bits per heavy atom. The molecule has 0 unspecified atom stereocenters. The van der Waals surface area contributed by atoms with Crippen LogP contribution in [0.2, 0.25) is 0 Å². The number of piperidine rings is 1. The van der Waals surface area contributed by atoms with E-state index in [1.165, 1.54) is 24.9 Å². The van der Waals surface area contributed by atoms with Gasteiger partial charge in [0.05, 0.1) is 20.3 Å². The second kappa shape index (κ2) is 8.80. The first-order chi connectivity index (χ1) is 13.1. The molecule has 1 atom stereocenters. The summed E-state index contributed by atoms with van der Waals surface area (Å²) in [6.07, 6.45) is 3.79. The number of carbonyl (C=O) groups is 1. The van der Waals surface area contributed by atoms with E-state index in [2.05, 4.69) is 10.2 Å². The summed E-state index contributed by atoms with van der Waals surface area (Å²) in [4.78, 5) is 15.0. The molecule has 1 heterocycles. The molecule has 5 nitrogen and oxygen atoms in total. The van der Waals surface area contributed by atoms with Crippen LogP contribution >= 0.6 is 0 Å². The number of nitrogens with one attached hydrogen (secondary N) is 1. The Labute approximate surface area is 161 Å². The van der Waals surface area contributed by atoms with Gasteiger partial charge in [-0.05, 0) is 68.1 Å². The molecule has 1 amide bonds. The first-order valence-corrected chi connectivity index (χ1v) is 9.50. The predicted molar refractivity (Wildman–Crippen MR) is 108 cm³/mol. The number of nitrogens with zero attached hydrogens (tertiary/aromatic N) is 1. The zero-order valence-electron chi connectivity index (χ0n) is 16.3. The van der Waals surface area contributed by atoms with Crippen LogP contribution in [0.1, 0.15) is 48.1 Å². The van der Waals surface area contributed by atoms with Crippen LogP contribution in [0.3, 0.4) is 0 Å². The third kappa shape index (κ3) is 4.54. The summed E-state index contributed by atoms with van der Waals surface area (Å²) >= 11 is 0. The fraction of sp³-hybridized carbons (Fsp3) is 0.409. The zero-order chi connectivity index (χ0) is 19.2. The highest BCUT2D eigenvalue weighted by Gasteiger charge is 2.15. The first kappa shape index (κ1) is 19.1. The van der Waals surface area contributed by atoms with Crippen molar-refractivity contribution in [2.75, 3.05) is 32.2 Å². The summed E-state index contributed by atoms with van der Waals surface area (Å²) in [6, 6.07) is 13.4. The second-order valence-electron chi connectivity index (χ2n) is 6.90. The molecule has 5 heteroatoms. The van der Waals surface area contributed by atoms with E-state index >= 15 is 0 Å². The van der Waals surface area contributed by atoms with E-state index in [1.54, 1.807) is 14.2 Å². The Hall–Kier alpha value is -2.69. The number of anilines is 1. The van der Waals surface area contributed by atoms with Crippen molar-refractivity contribution in [2.24, 2.45) is 0 Å². The van der Waals surface area contributed by atoms with Crippen LogP contribution in [0, 0.1) is 0 Å². The van der Waals surface area contributed by atoms with Gasteiger partial charge in [0.1, 0.15) is 0 Å². The third-order valence-electron chi connectivity index (χ3n) is 5.11. The lowest BCUT2D eigenvalue weighted by molar-refractivity contribution is 0.0940. The number of hydrogen-bond donors (Lipinski definition) is 1. The number of rotatable bonds is 6. The highest BCUT2D eigenvalue weighted by molar-refractivity contribution is 5.94. The zero-order valence-corrected chi connectivity index (χ0v) is 16.3. The van der Waals surface area contributed by atoms with Crippen molar-refractivity contribution in [1.29, 1.82) is 0 Å². The van der Waals surface area contributed by atoms with Crippen molar-refractivity contribution in [2.45, 2.75) is 32.2 Å². The minimum atomic E-state index is -0.140. The van der Waals surface area contributed by atoms with Crippen LogP contribution in [-0.2, 0) is 0 Å². The number of amides is 1. The molecule has 2 aromatic rings. The van der Waals surface area contributed by atoms with Crippen molar-refractivity contribution in [3.63, 3.8) is 0 Å². The molecule has 0 aliphatic carbocycles. The SMILES string of the molecule is COc1ccc([C@H](C)NC(=O)c2ccc(N3CCCCC3)cc2)cc1OC. The quantitative estimate of drug-likeness (QED) is 0.831. The molecule has 0 saturated carbocycles. The monoisotopic (exact) mass is 368 g/mol. The molecule has 1 fully saturated rings. The van der Waals surface area contributed by atoms with Gasteiger partial charge in [0.15, 0.2) is 11.5 Å². The van der Waals surface area contributed by atoms with Crippen LogP contribution in [0.4, 0.5) is 5.69 Å². The Morgan fingerprint density at radius 3 is 2.26 bits per heavy atom. The number of carbonyl (C=O) groups excluding carboxylic acids is 1. The first-order valence-electron chi connectivity index (χ1n) is 9.50. The number of ether oxygens (including phenoxy) is 2. The largest absolute Gasteiger partial charge is 0.493 e. The molecule has 0 spiro atoms. The Kier molecular flexibility index (Phi) is 6.22. The maximum atomic E-state index is 12.6. The van der Waals surface area contributed by atoms with Gasteiger partial charge in [-0.2, -0.15) is 0 Å². The summed E-state index contributed by atoms with van der Waals surface area (Å²) in [5, 5.41) is 3.05. The molecule has 1 aliphatic rings. The van der Waals surface area contributed by atoms with E-state index in [1.807, 2.05) is 49.4 Å². The van der Waals surface area contributed by atoms with Gasteiger partial charge in [-0.25, -0.2) is 0 Å². The fourth-order valence-electron chi connectivity index (χ4n) is 3.46. The van der Waals surface area contributed by atoms with Crippen molar-refractivity contribution in [3.8, 4) is 11.5 Å². The van der Waals surface area contributed by atoms with Gasteiger partial charge in [-0.15, -0.1) is 0 Å². The van der Waals surface area contributed by atoms with Gasteiger partial charge in [0.25, 0.3) is 5.91 Å². The third-order valence-corrected chi connectivity index (χ3v) is 5.11. The second-order valence-corrected chi connectivity index (χ2v) is 6.90. The van der Waals surface area contributed by atoms with Crippen LogP contribution in [0.5, 0.6) is 11.5 Å². The molecule has 1 saturated heterocycles. The predicted octanol–water partition coefficient (Wildman–Crippen LogP) is 4.19. The van der Waals surface area contributed by atoms with Crippen LogP contribution in [0.25, 0.3) is 0 Å². The molecule has 0 radical (unpaired) electrons. The lowest BCUT2D eigenvalue weighted by Gasteiger charge is -2.28. The number of methoxy groups -OCH3 is 2. The molecule has 0 bridgehead atoms. The van der Waals surface area contributed by atoms with Crippen LogP contribution < -0.4 is 19.7 Å². The standard InChI is InChI=1S/C22H28N2O3/c1-16(18-9-12-20(26-2)21(15-18)27-3)23-22(25)17-7-10-19(11-8-17)24-13-5-4-6-14-24/h7-12,15-16H,4-6,13-14H2,1-3H3,(H,23,25)/t16-/m0/s1. The van der Waals surface area contributed by atoms with E-state index in [0.29, 0.717) is 17.1 Å². The van der Waals surface area contributed by atoms with Crippen molar-refractivity contribution in [3.05, 3.63) is 53.6 Å². The fourth-order valence-corrected chi connectivity index (χ4v) is 3.46. The minimum absolute atomic E-state index is 0.0810. The Morgan fingerprint density at radius 1 is 0.963 bits per heavy atom. The highest BCUT2D eigenvalue weighted by atomic mass is 16.5. The highest BCUT2D eigenvalue weighted by Crippen LogP contribution is 2.30. The summed E-state index contributed by atoms with van der Waals surface area (Å²) in [5.74, 6) is 1.25. The summed E-state index contributed by atoms with van der Waals surface area (Å²) in [6.45, 7) is 4.16. The Bertz CT molecular complexity index is 768. The topological polar surface area (TPSA) is 50.8 Å². The summed E-state index contributed by atoms with van der Waals surface area (Å²) < 4.78 is 10.6. The molecule has 0 aromatic heterocycles. The molecular formula is C22H28N2O3. The van der Waals surface area contributed by atoms with E-state index < -0.39 is 0 Å². The van der Waals surface area contributed by atoms with E-state index in [9.17, 15) is 4.79 Å². The normalized spacial score (nSPS) is 15.1. The van der Waals surface area contributed by atoms with E-state index in [0.717, 1.165) is 18.7 Å². The molecule has 1 aliphatic heterocycles. The molecule has 2 aromatic carbocycles. The smallest absolute Gasteiger partial charge is 0.251 e. The van der Waals surface area contributed by atoms with Gasteiger partial charge in [-0.3, -0.25) is 4.79 Å². The van der Waals surface area contributed by atoms with Crippen LogP contribution in [-0.4, -0.2) is 33.2 Å². The van der Waals surface area contributed by atoms with Crippen LogP contribution in [0.15, 0.2) is 42.5 Å².